The van der Waals surface area contributed by atoms with Gasteiger partial charge in [-0.05, 0) is 31.0 Å². The second-order valence-corrected chi connectivity index (χ2v) is 4.08. The molecule has 0 bridgehead atoms. The molecule has 0 aromatic heterocycles. The highest BCUT2D eigenvalue weighted by atomic mass is 16.3. The Labute approximate surface area is 99.6 Å². The van der Waals surface area contributed by atoms with Crippen LogP contribution >= 0.6 is 0 Å². The number of rotatable bonds is 1. The van der Waals surface area contributed by atoms with Crippen LogP contribution in [0.5, 0.6) is 17.2 Å². The van der Waals surface area contributed by atoms with E-state index in [9.17, 15) is 15.3 Å². The van der Waals surface area contributed by atoms with E-state index < -0.39 is 0 Å². The molecule has 0 aliphatic carbocycles. The number of phenolic OH excluding ortho intramolecular Hbond substituents is 3. The number of aryl methyl sites for hydroxylation is 1. The summed E-state index contributed by atoms with van der Waals surface area (Å²) in [5.41, 5.74) is 2.46. The largest absolute Gasteiger partial charge is 0.508 e. The SMILES string of the molecule is Cc1ccccc1-c1cc(O)c(C)c(O)c1O. The van der Waals surface area contributed by atoms with E-state index in [4.69, 9.17) is 0 Å². The van der Waals surface area contributed by atoms with Gasteiger partial charge in [0.05, 0.1) is 0 Å². The van der Waals surface area contributed by atoms with Gasteiger partial charge in [-0.15, -0.1) is 0 Å². The third-order valence-corrected chi connectivity index (χ3v) is 2.94. The van der Waals surface area contributed by atoms with Gasteiger partial charge in [-0.1, -0.05) is 24.3 Å². The molecule has 0 saturated carbocycles. The van der Waals surface area contributed by atoms with E-state index >= 15 is 0 Å². The summed E-state index contributed by atoms with van der Waals surface area (Å²) in [7, 11) is 0. The Morgan fingerprint density at radius 3 is 2.12 bits per heavy atom. The molecule has 0 atom stereocenters. The van der Waals surface area contributed by atoms with Crippen molar-refractivity contribution < 1.29 is 15.3 Å². The Hall–Kier alpha value is -2.16. The maximum atomic E-state index is 9.92. The van der Waals surface area contributed by atoms with Crippen molar-refractivity contribution >= 4 is 0 Å². The molecule has 0 spiro atoms. The topological polar surface area (TPSA) is 60.7 Å². The molecule has 0 aliphatic rings. The van der Waals surface area contributed by atoms with Gasteiger partial charge in [-0.3, -0.25) is 0 Å². The van der Waals surface area contributed by atoms with Crippen LogP contribution in [0.2, 0.25) is 0 Å². The quantitative estimate of drug-likeness (QED) is 0.521. The van der Waals surface area contributed by atoms with Crippen molar-refractivity contribution in [1.29, 1.82) is 0 Å². The zero-order valence-electron chi connectivity index (χ0n) is 9.73. The number of aromatic hydroxyl groups is 3. The van der Waals surface area contributed by atoms with Gasteiger partial charge in [-0.25, -0.2) is 0 Å². The van der Waals surface area contributed by atoms with E-state index in [-0.39, 0.29) is 22.8 Å². The number of phenols is 3. The van der Waals surface area contributed by atoms with E-state index in [2.05, 4.69) is 0 Å². The standard InChI is InChI=1S/C14H14O3/c1-8-5-3-4-6-10(8)11-7-12(15)9(2)13(16)14(11)17/h3-7,15-17H,1-2H3. The van der Waals surface area contributed by atoms with Crippen LogP contribution < -0.4 is 0 Å². The summed E-state index contributed by atoms with van der Waals surface area (Å²) < 4.78 is 0. The molecular weight excluding hydrogens is 216 g/mol. The fraction of sp³-hybridized carbons (Fsp3) is 0.143. The first-order valence-electron chi connectivity index (χ1n) is 5.33. The zero-order chi connectivity index (χ0) is 12.6. The molecule has 2 rings (SSSR count). The molecule has 0 radical (unpaired) electrons. The Morgan fingerprint density at radius 2 is 1.47 bits per heavy atom. The molecule has 0 heterocycles. The van der Waals surface area contributed by atoms with Crippen LogP contribution in [0.25, 0.3) is 11.1 Å². The van der Waals surface area contributed by atoms with Crippen LogP contribution in [0.15, 0.2) is 30.3 Å². The summed E-state index contributed by atoms with van der Waals surface area (Å²) in [6.07, 6.45) is 0. The maximum absolute atomic E-state index is 9.92. The van der Waals surface area contributed by atoms with Gasteiger partial charge in [-0.2, -0.15) is 0 Å². The third kappa shape index (κ3) is 1.80. The molecule has 3 nitrogen and oxygen atoms in total. The van der Waals surface area contributed by atoms with Gasteiger partial charge in [0, 0.05) is 11.1 Å². The Kier molecular flexibility index (Phi) is 2.68. The second-order valence-electron chi connectivity index (χ2n) is 4.08. The summed E-state index contributed by atoms with van der Waals surface area (Å²) in [5.74, 6) is -0.503. The van der Waals surface area contributed by atoms with Gasteiger partial charge in [0.2, 0.25) is 0 Å². The van der Waals surface area contributed by atoms with Gasteiger partial charge >= 0.3 is 0 Å². The van der Waals surface area contributed by atoms with E-state index in [1.54, 1.807) is 6.92 Å². The fourth-order valence-electron chi connectivity index (χ4n) is 1.82. The van der Waals surface area contributed by atoms with Crippen LogP contribution in [0, 0.1) is 13.8 Å². The lowest BCUT2D eigenvalue weighted by Crippen LogP contribution is -1.86. The first kappa shape index (κ1) is 11.3. The van der Waals surface area contributed by atoms with Gasteiger partial charge in [0.1, 0.15) is 5.75 Å². The Balaban J connectivity index is 2.73. The first-order valence-corrected chi connectivity index (χ1v) is 5.33. The minimum absolute atomic E-state index is 0.0291. The molecule has 0 amide bonds. The highest BCUT2D eigenvalue weighted by Crippen LogP contribution is 2.43. The Bertz CT molecular complexity index is 574. The van der Waals surface area contributed by atoms with Crippen LogP contribution in [0.4, 0.5) is 0 Å². The van der Waals surface area contributed by atoms with Crippen molar-refractivity contribution in [3.63, 3.8) is 0 Å². The number of benzene rings is 2. The van der Waals surface area contributed by atoms with Crippen LogP contribution in [-0.4, -0.2) is 15.3 Å². The normalized spacial score (nSPS) is 10.5. The predicted octanol–water partition coefficient (Wildman–Crippen LogP) is 3.09. The average molecular weight is 230 g/mol. The summed E-state index contributed by atoms with van der Waals surface area (Å²) >= 11 is 0. The predicted molar refractivity (Wildman–Crippen MR) is 66.3 cm³/mol. The van der Waals surface area contributed by atoms with E-state index in [0.717, 1.165) is 11.1 Å². The second kappa shape index (κ2) is 4.01. The number of hydrogen-bond donors (Lipinski definition) is 3. The van der Waals surface area contributed by atoms with Gasteiger partial charge in [0.25, 0.3) is 0 Å². The minimum atomic E-state index is -0.275. The molecule has 17 heavy (non-hydrogen) atoms. The van der Waals surface area contributed by atoms with Gasteiger partial charge in [0.15, 0.2) is 11.5 Å². The summed E-state index contributed by atoms with van der Waals surface area (Å²) in [6, 6.07) is 8.94. The van der Waals surface area contributed by atoms with Crippen LogP contribution in [0.1, 0.15) is 11.1 Å². The average Bonchev–Trinajstić information content (AvgIpc) is 2.32. The van der Waals surface area contributed by atoms with Crippen LogP contribution in [0.3, 0.4) is 0 Å². The molecule has 0 saturated heterocycles. The molecule has 2 aromatic rings. The fourth-order valence-corrected chi connectivity index (χ4v) is 1.82. The van der Waals surface area contributed by atoms with Crippen molar-refractivity contribution in [2.45, 2.75) is 13.8 Å². The first-order chi connectivity index (χ1) is 8.02. The summed E-state index contributed by atoms with van der Waals surface area (Å²) in [6.45, 7) is 3.45. The highest BCUT2D eigenvalue weighted by Gasteiger charge is 2.15. The summed E-state index contributed by atoms with van der Waals surface area (Å²) in [4.78, 5) is 0. The molecule has 0 unspecified atom stereocenters. The summed E-state index contributed by atoms with van der Waals surface area (Å²) in [5, 5.41) is 29.3. The zero-order valence-corrected chi connectivity index (χ0v) is 9.73. The van der Waals surface area contributed by atoms with Crippen molar-refractivity contribution in [2.75, 3.05) is 0 Å². The van der Waals surface area contributed by atoms with Crippen molar-refractivity contribution in [1.82, 2.24) is 0 Å². The number of hydrogen-bond acceptors (Lipinski definition) is 3. The van der Waals surface area contributed by atoms with Crippen LogP contribution in [-0.2, 0) is 0 Å². The van der Waals surface area contributed by atoms with Crippen molar-refractivity contribution in [3.05, 3.63) is 41.5 Å². The lowest BCUT2D eigenvalue weighted by Gasteiger charge is -2.12. The lowest BCUT2D eigenvalue weighted by molar-refractivity contribution is 0.393. The van der Waals surface area contributed by atoms with E-state index in [1.165, 1.54) is 6.07 Å². The van der Waals surface area contributed by atoms with E-state index in [1.807, 2.05) is 31.2 Å². The maximum Gasteiger partial charge on any atom is 0.166 e. The molecule has 88 valence electrons. The minimum Gasteiger partial charge on any atom is -0.508 e. The van der Waals surface area contributed by atoms with Gasteiger partial charge < -0.3 is 15.3 Å². The van der Waals surface area contributed by atoms with Crippen molar-refractivity contribution in [2.24, 2.45) is 0 Å². The molecule has 0 aliphatic heterocycles. The highest BCUT2D eigenvalue weighted by molar-refractivity contribution is 5.78. The molecule has 0 fully saturated rings. The lowest BCUT2D eigenvalue weighted by atomic mass is 9.97. The van der Waals surface area contributed by atoms with Crippen molar-refractivity contribution in [3.8, 4) is 28.4 Å². The monoisotopic (exact) mass is 230 g/mol. The Morgan fingerprint density at radius 1 is 0.824 bits per heavy atom. The third-order valence-electron chi connectivity index (χ3n) is 2.94. The van der Waals surface area contributed by atoms with E-state index in [0.29, 0.717) is 5.56 Å². The molecule has 3 heteroatoms. The molecular formula is C14H14O3. The smallest absolute Gasteiger partial charge is 0.166 e. The molecule has 2 aromatic carbocycles. The molecule has 3 N–H and O–H groups in total.